The summed E-state index contributed by atoms with van der Waals surface area (Å²) in [5.41, 5.74) is 1.05. The van der Waals surface area contributed by atoms with Gasteiger partial charge in [-0.1, -0.05) is 4.49 Å². The number of thiol groups is 1. The maximum absolute atomic E-state index is 4.04. The molecule has 0 aliphatic heterocycles. The van der Waals surface area contributed by atoms with E-state index in [1.165, 1.54) is 11.5 Å². The Balaban J connectivity index is 2.50. The van der Waals surface area contributed by atoms with Gasteiger partial charge in [-0.25, -0.2) is 0 Å². The number of aryl methyl sites for hydroxylation is 1. The Labute approximate surface area is 57.5 Å². The molecule has 1 aromatic heterocycles. The number of aromatic nitrogens is 2. The predicted molar refractivity (Wildman–Crippen MR) is 37.5 cm³/mol. The topological polar surface area (TPSA) is 25.8 Å². The minimum Gasteiger partial charge on any atom is -0.179 e. The van der Waals surface area contributed by atoms with Gasteiger partial charge in [-0.2, -0.15) is 12.6 Å². The zero-order chi connectivity index (χ0) is 5.82. The average Bonchev–Trinajstić information content (AvgIpc) is 2.19. The fraction of sp³-hybridized carbons (Fsp3) is 0.500. The molecule has 44 valence electrons. The van der Waals surface area contributed by atoms with Crippen molar-refractivity contribution >= 4 is 24.2 Å². The van der Waals surface area contributed by atoms with E-state index in [4.69, 9.17) is 0 Å². The molecule has 0 saturated heterocycles. The smallest absolute Gasteiger partial charge is 0.0763 e. The number of hydrogen-bond acceptors (Lipinski definition) is 4. The maximum atomic E-state index is 4.04. The highest BCUT2D eigenvalue weighted by atomic mass is 32.1. The molecule has 0 atom stereocenters. The molecule has 1 rings (SSSR count). The lowest BCUT2D eigenvalue weighted by Crippen LogP contribution is -1.84. The average molecular weight is 146 g/mol. The van der Waals surface area contributed by atoms with Crippen LogP contribution >= 0.6 is 24.2 Å². The third-order valence-corrected chi connectivity index (χ3v) is 1.55. The molecule has 2 nitrogen and oxygen atoms in total. The summed E-state index contributed by atoms with van der Waals surface area (Å²) in [5, 5.41) is 5.77. The highest BCUT2D eigenvalue weighted by molar-refractivity contribution is 7.80. The summed E-state index contributed by atoms with van der Waals surface area (Å²) >= 11 is 5.43. The van der Waals surface area contributed by atoms with Crippen LogP contribution < -0.4 is 0 Å². The molecule has 8 heavy (non-hydrogen) atoms. The normalized spacial score (nSPS) is 9.62. The molecular formula is C4H6N2S2. The zero-order valence-electron chi connectivity index (χ0n) is 4.24. The van der Waals surface area contributed by atoms with Crippen LogP contribution in [0, 0.1) is 0 Å². The first-order chi connectivity index (χ1) is 3.93. The highest BCUT2D eigenvalue weighted by Gasteiger charge is 1.90. The van der Waals surface area contributed by atoms with Gasteiger partial charge in [0, 0.05) is 11.8 Å². The largest absolute Gasteiger partial charge is 0.179 e. The van der Waals surface area contributed by atoms with Crippen LogP contribution in [0.4, 0.5) is 0 Å². The van der Waals surface area contributed by atoms with Gasteiger partial charge in [-0.05, 0) is 17.3 Å². The van der Waals surface area contributed by atoms with Crippen molar-refractivity contribution < 1.29 is 0 Å². The second-order valence-corrected chi connectivity index (χ2v) is 2.43. The van der Waals surface area contributed by atoms with Gasteiger partial charge < -0.3 is 0 Å². The molecule has 0 radical (unpaired) electrons. The number of nitrogens with zero attached hydrogens (tertiary/aromatic N) is 2. The van der Waals surface area contributed by atoms with E-state index >= 15 is 0 Å². The van der Waals surface area contributed by atoms with Gasteiger partial charge in [-0.15, -0.1) is 5.10 Å². The Morgan fingerprint density at radius 3 is 3.12 bits per heavy atom. The van der Waals surface area contributed by atoms with Crippen LogP contribution in [-0.4, -0.2) is 15.3 Å². The minimum atomic E-state index is 0.853. The van der Waals surface area contributed by atoms with Gasteiger partial charge >= 0.3 is 0 Å². The van der Waals surface area contributed by atoms with Crippen molar-refractivity contribution in [1.82, 2.24) is 9.59 Å². The van der Waals surface area contributed by atoms with Crippen molar-refractivity contribution in [1.29, 1.82) is 0 Å². The molecule has 0 fully saturated rings. The van der Waals surface area contributed by atoms with E-state index in [1.54, 1.807) is 0 Å². The third kappa shape index (κ3) is 1.45. The number of rotatable bonds is 2. The number of hydrogen-bond donors (Lipinski definition) is 1. The summed E-state index contributed by atoms with van der Waals surface area (Å²) in [6.45, 7) is 0. The van der Waals surface area contributed by atoms with Crippen LogP contribution in [-0.2, 0) is 6.42 Å². The SMILES string of the molecule is SCCc1csnn1. The fourth-order valence-electron chi connectivity index (χ4n) is 0.407. The molecule has 0 aliphatic carbocycles. The lowest BCUT2D eigenvalue weighted by molar-refractivity contribution is 1.00. The standard InChI is InChI=1S/C4H6N2S2/c7-2-1-4-3-8-6-5-4/h3,7H,1-2H2. The van der Waals surface area contributed by atoms with Crippen LogP contribution in [0.25, 0.3) is 0 Å². The van der Waals surface area contributed by atoms with Gasteiger partial charge in [0.25, 0.3) is 0 Å². The van der Waals surface area contributed by atoms with E-state index in [0.29, 0.717) is 0 Å². The van der Waals surface area contributed by atoms with Crippen LogP contribution in [0.1, 0.15) is 5.69 Å². The molecule has 0 amide bonds. The predicted octanol–water partition coefficient (Wildman–Crippen LogP) is 1.01. The van der Waals surface area contributed by atoms with E-state index in [2.05, 4.69) is 22.2 Å². The van der Waals surface area contributed by atoms with Crippen molar-refractivity contribution in [3.63, 3.8) is 0 Å². The summed E-state index contributed by atoms with van der Waals surface area (Å²) in [6, 6.07) is 0. The van der Waals surface area contributed by atoms with Gasteiger partial charge in [0.05, 0.1) is 5.69 Å². The lowest BCUT2D eigenvalue weighted by Gasteiger charge is -1.82. The van der Waals surface area contributed by atoms with Gasteiger partial charge in [0.15, 0.2) is 0 Å². The first-order valence-electron chi connectivity index (χ1n) is 2.30. The van der Waals surface area contributed by atoms with Crippen molar-refractivity contribution in [2.45, 2.75) is 6.42 Å². The molecule has 0 aliphatic rings. The molecule has 1 heterocycles. The quantitative estimate of drug-likeness (QED) is 0.630. The van der Waals surface area contributed by atoms with Crippen LogP contribution in [0.15, 0.2) is 5.38 Å². The van der Waals surface area contributed by atoms with Gasteiger partial charge in [0.1, 0.15) is 0 Å². The summed E-state index contributed by atoms with van der Waals surface area (Å²) in [4.78, 5) is 0. The molecule has 0 N–H and O–H groups in total. The van der Waals surface area contributed by atoms with Crippen molar-refractivity contribution in [3.8, 4) is 0 Å². The first-order valence-corrected chi connectivity index (χ1v) is 3.77. The summed E-state index contributed by atoms with van der Waals surface area (Å²) in [7, 11) is 0. The molecule has 0 bridgehead atoms. The first kappa shape index (κ1) is 6.04. The fourth-order valence-corrected chi connectivity index (χ4v) is 1.12. The van der Waals surface area contributed by atoms with Crippen molar-refractivity contribution in [2.24, 2.45) is 0 Å². The van der Waals surface area contributed by atoms with E-state index in [9.17, 15) is 0 Å². The second kappa shape index (κ2) is 3.04. The van der Waals surface area contributed by atoms with Gasteiger partial charge in [-0.3, -0.25) is 0 Å². The monoisotopic (exact) mass is 146 g/mol. The highest BCUT2D eigenvalue weighted by Crippen LogP contribution is 1.97. The summed E-state index contributed by atoms with van der Waals surface area (Å²) < 4.78 is 3.70. The summed E-state index contributed by atoms with van der Waals surface area (Å²) in [6.07, 6.45) is 0.930. The van der Waals surface area contributed by atoms with E-state index in [0.717, 1.165) is 17.9 Å². The van der Waals surface area contributed by atoms with Crippen LogP contribution in [0.5, 0.6) is 0 Å². The van der Waals surface area contributed by atoms with E-state index in [-0.39, 0.29) is 0 Å². The Bertz CT molecular complexity index is 138. The molecule has 0 spiro atoms. The molecule has 4 heteroatoms. The van der Waals surface area contributed by atoms with E-state index in [1.807, 2.05) is 5.38 Å². The van der Waals surface area contributed by atoms with Crippen LogP contribution in [0.3, 0.4) is 0 Å². The Morgan fingerprint density at radius 1 is 1.75 bits per heavy atom. The maximum Gasteiger partial charge on any atom is 0.0763 e. The third-order valence-electron chi connectivity index (χ3n) is 0.773. The molecular weight excluding hydrogens is 140 g/mol. The second-order valence-electron chi connectivity index (χ2n) is 1.37. The summed E-state index contributed by atoms with van der Waals surface area (Å²) in [5.74, 6) is 0.853. The van der Waals surface area contributed by atoms with Crippen LogP contribution in [0.2, 0.25) is 0 Å². The lowest BCUT2D eigenvalue weighted by atomic mass is 10.4. The molecule has 1 aromatic rings. The molecule has 0 aromatic carbocycles. The van der Waals surface area contributed by atoms with E-state index < -0.39 is 0 Å². The van der Waals surface area contributed by atoms with Gasteiger partial charge in [0.2, 0.25) is 0 Å². The molecule has 0 unspecified atom stereocenters. The minimum absolute atomic E-state index is 0.853. The Hall–Kier alpha value is -0.0900. The van der Waals surface area contributed by atoms with Crippen molar-refractivity contribution in [2.75, 3.05) is 5.75 Å². The Morgan fingerprint density at radius 2 is 2.62 bits per heavy atom. The van der Waals surface area contributed by atoms with Crippen molar-refractivity contribution in [3.05, 3.63) is 11.1 Å². The Kier molecular flexibility index (Phi) is 2.29. The molecule has 0 saturated carbocycles. The zero-order valence-corrected chi connectivity index (χ0v) is 5.95.